The fourth-order valence-corrected chi connectivity index (χ4v) is 2.12. The summed E-state index contributed by atoms with van der Waals surface area (Å²) in [5.74, 6) is 3.27. The standard InChI is InChI=1S/C14H18N2O4/c1-5-8-14(9(2)6-7-10(3)17)11(18)15-13(20)16(4)12(14)19/h5,9-10,17H,1,8H2,2-4H3,(H,15,18,20). The van der Waals surface area contributed by atoms with Crippen LogP contribution in [0.3, 0.4) is 0 Å². The highest BCUT2D eigenvalue weighted by atomic mass is 16.3. The van der Waals surface area contributed by atoms with Gasteiger partial charge in [-0.2, -0.15) is 0 Å². The van der Waals surface area contributed by atoms with Crippen molar-refractivity contribution in [2.24, 2.45) is 11.3 Å². The smallest absolute Gasteiger partial charge is 0.330 e. The highest BCUT2D eigenvalue weighted by Crippen LogP contribution is 2.36. The van der Waals surface area contributed by atoms with Crippen molar-refractivity contribution in [3.05, 3.63) is 12.7 Å². The minimum atomic E-state index is -1.49. The summed E-state index contributed by atoms with van der Waals surface area (Å²) in [7, 11) is 1.30. The first kappa shape index (κ1) is 15.9. The first-order valence-corrected chi connectivity index (χ1v) is 6.21. The SMILES string of the molecule is C=CCC1(C(C)C#CC(C)O)C(=O)NC(=O)N(C)C1=O. The zero-order valence-corrected chi connectivity index (χ0v) is 11.8. The van der Waals surface area contributed by atoms with E-state index in [-0.39, 0.29) is 6.42 Å². The topological polar surface area (TPSA) is 86.7 Å². The summed E-state index contributed by atoms with van der Waals surface area (Å²) in [6.07, 6.45) is 0.645. The number of nitrogens with one attached hydrogen (secondary N) is 1. The molecule has 6 nitrogen and oxygen atoms in total. The van der Waals surface area contributed by atoms with Gasteiger partial charge in [0.25, 0.3) is 0 Å². The molecule has 0 aromatic carbocycles. The van der Waals surface area contributed by atoms with Crippen molar-refractivity contribution >= 4 is 17.8 Å². The number of aliphatic hydroxyl groups excluding tert-OH is 1. The van der Waals surface area contributed by atoms with Gasteiger partial charge in [0.05, 0.1) is 0 Å². The Bertz CT molecular complexity index is 515. The Kier molecular flexibility index (Phi) is 4.69. The van der Waals surface area contributed by atoms with E-state index in [9.17, 15) is 19.5 Å². The summed E-state index contributed by atoms with van der Waals surface area (Å²) in [5, 5.41) is 11.3. The molecule has 2 N–H and O–H groups in total. The lowest BCUT2D eigenvalue weighted by atomic mass is 9.71. The quantitative estimate of drug-likeness (QED) is 0.441. The molecule has 6 heteroatoms. The summed E-state index contributed by atoms with van der Waals surface area (Å²) in [6.45, 7) is 6.65. The van der Waals surface area contributed by atoms with Crippen LogP contribution in [0.25, 0.3) is 0 Å². The molecule has 0 radical (unpaired) electrons. The second-order valence-electron chi connectivity index (χ2n) is 4.77. The predicted molar refractivity (Wildman–Crippen MR) is 72.2 cm³/mol. The Hall–Kier alpha value is -2.13. The molecule has 1 heterocycles. The number of carbonyl (C=O) groups excluding carboxylic acids is 3. The van der Waals surface area contributed by atoms with E-state index in [2.05, 4.69) is 23.7 Å². The summed E-state index contributed by atoms with van der Waals surface area (Å²) in [6, 6.07) is -0.754. The van der Waals surface area contributed by atoms with Crippen LogP contribution >= 0.6 is 0 Å². The number of hydrogen-bond donors (Lipinski definition) is 2. The number of hydrogen-bond acceptors (Lipinski definition) is 4. The molecule has 1 aliphatic rings. The van der Waals surface area contributed by atoms with E-state index < -0.39 is 35.3 Å². The first-order chi connectivity index (χ1) is 9.27. The third-order valence-electron chi connectivity index (χ3n) is 3.33. The molecule has 4 amide bonds. The van der Waals surface area contributed by atoms with Crippen LogP contribution < -0.4 is 5.32 Å². The number of imide groups is 2. The van der Waals surface area contributed by atoms with Crippen LogP contribution in [-0.2, 0) is 9.59 Å². The van der Waals surface area contributed by atoms with Gasteiger partial charge in [0.1, 0.15) is 11.5 Å². The van der Waals surface area contributed by atoms with Crippen LogP contribution in [0.15, 0.2) is 12.7 Å². The lowest BCUT2D eigenvalue weighted by molar-refractivity contribution is -0.152. The Labute approximate surface area is 117 Å². The van der Waals surface area contributed by atoms with Crippen LogP contribution in [0.1, 0.15) is 20.3 Å². The molecule has 1 aliphatic heterocycles. The molecule has 1 saturated heterocycles. The van der Waals surface area contributed by atoms with Crippen molar-refractivity contribution in [1.82, 2.24) is 10.2 Å². The monoisotopic (exact) mass is 278 g/mol. The van der Waals surface area contributed by atoms with Gasteiger partial charge in [0.15, 0.2) is 0 Å². The summed E-state index contributed by atoms with van der Waals surface area (Å²) < 4.78 is 0. The third kappa shape index (κ3) is 2.58. The number of urea groups is 1. The van der Waals surface area contributed by atoms with E-state index in [0.29, 0.717) is 0 Å². The molecule has 20 heavy (non-hydrogen) atoms. The molecule has 3 atom stereocenters. The maximum atomic E-state index is 12.4. The maximum Gasteiger partial charge on any atom is 0.330 e. The van der Waals surface area contributed by atoms with Crippen LogP contribution in [0.2, 0.25) is 0 Å². The molecule has 0 spiro atoms. The van der Waals surface area contributed by atoms with Gasteiger partial charge in [0.2, 0.25) is 11.8 Å². The Balaban J connectivity index is 3.30. The van der Waals surface area contributed by atoms with Crippen LogP contribution in [0, 0.1) is 23.2 Å². The minimum Gasteiger partial charge on any atom is -0.381 e. The van der Waals surface area contributed by atoms with E-state index in [0.717, 1.165) is 4.90 Å². The molecular weight excluding hydrogens is 260 g/mol. The number of allylic oxidation sites excluding steroid dienone is 1. The van der Waals surface area contributed by atoms with Gasteiger partial charge in [-0.05, 0) is 20.3 Å². The average molecular weight is 278 g/mol. The summed E-state index contributed by atoms with van der Waals surface area (Å²) in [4.78, 5) is 36.9. The Morgan fingerprint density at radius 1 is 1.40 bits per heavy atom. The van der Waals surface area contributed by atoms with Gasteiger partial charge in [-0.3, -0.25) is 19.8 Å². The molecule has 0 aromatic heterocycles. The van der Waals surface area contributed by atoms with Gasteiger partial charge in [0, 0.05) is 13.0 Å². The second kappa shape index (κ2) is 5.88. The third-order valence-corrected chi connectivity index (χ3v) is 3.33. The van der Waals surface area contributed by atoms with Crippen LogP contribution in [0.4, 0.5) is 4.79 Å². The predicted octanol–water partition coefficient (Wildman–Crippen LogP) is 0.277. The molecule has 0 aromatic rings. The molecule has 1 fully saturated rings. The molecule has 3 unspecified atom stereocenters. The molecule has 0 bridgehead atoms. The number of carbonyl (C=O) groups is 3. The summed E-state index contributed by atoms with van der Waals surface area (Å²) in [5.41, 5.74) is -1.49. The van der Waals surface area contributed by atoms with E-state index >= 15 is 0 Å². The first-order valence-electron chi connectivity index (χ1n) is 6.21. The fourth-order valence-electron chi connectivity index (χ4n) is 2.12. The number of nitrogens with zero attached hydrogens (tertiary/aromatic N) is 1. The molecule has 108 valence electrons. The van der Waals surface area contributed by atoms with E-state index in [1.807, 2.05) is 0 Å². The Morgan fingerprint density at radius 3 is 2.50 bits per heavy atom. The number of rotatable bonds is 3. The van der Waals surface area contributed by atoms with Crippen molar-refractivity contribution in [3.8, 4) is 11.8 Å². The number of barbiturate groups is 1. The van der Waals surface area contributed by atoms with E-state index in [1.54, 1.807) is 6.92 Å². The van der Waals surface area contributed by atoms with Crippen LogP contribution in [-0.4, -0.2) is 41.0 Å². The highest BCUT2D eigenvalue weighted by molar-refractivity contribution is 6.19. The lowest BCUT2D eigenvalue weighted by Gasteiger charge is -2.39. The zero-order valence-electron chi connectivity index (χ0n) is 11.8. The van der Waals surface area contributed by atoms with Crippen molar-refractivity contribution in [2.45, 2.75) is 26.4 Å². The second-order valence-corrected chi connectivity index (χ2v) is 4.77. The maximum absolute atomic E-state index is 12.4. The Morgan fingerprint density at radius 2 is 2.00 bits per heavy atom. The van der Waals surface area contributed by atoms with Gasteiger partial charge in [-0.1, -0.05) is 17.9 Å². The fraction of sp³-hybridized carbons (Fsp3) is 0.500. The number of amides is 4. The molecule has 1 rings (SSSR count). The normalized spacial score (nSPS) is 25.4. The van der Waals surface area contributed by atoms with Crippen LogP contribution in [0.5, 0.6) is 0 Å². The van der Waals surface area contributed by atoms with Crippen molar-refractivity contribution in [1.29, 1.82) is 0 Å². The largest absolute Gasteiger partial charge is 0.381 e. The number of aliphatic hydroxyl groups is 1. The van der Waals surface area contributed by atoms with Crippen molar-refractivity contribution in [2.75, 3.05) is 7.05 Å². The lowest BCUT2D eigenvalue weighted by Crippen LogP contribution is -2.64. The molecule has 0 saturated carbocycles. The van der Waals surface area contributed by atoms with Gasteiger partial charge < -0.3 is 5.11 Å². The average Bonchev–Trinajstić information content (AvgIpc) is 2.38. The zero-order chi connectivity index (χ0) is 15.5. The molecule has 0 aliphatic carbocycles. The molecular formula is C14H18N2O4. The van der Waals surface area contributed by atoms with Gasteiger partial charge in [-0.25, -0.2) is 4.79 Å². The van der Waals surface area contributed by atoms with Crippen molar-refractivity contribution < 1.29 is 19.5 Å². The van der Waals surface area contributed by atoms with E-state index in [4.69, 9.17) is 0 Å². The van der Waals surface area contributed by atoms with Gasteiger partial charge >= 0.3 is 6.03 Å². The minimum absolute atomic E-state index is 0.0605. The van der Waals surface area contributed by atoms with Gasteiger partial charge in [-0.15, -0.1) is 6.58 Å². The van der Waals surface area contributed by atoms with Crippen molar-refractivity contribution in [3.63, 3.8) is 0 Å². The summed E-state index contributed by atoms with van der Waals surface area (Å²) >= 11 is 0. The van der Waals surface area contributed by atoms with E-state index in [1.165, 1.54) is 20.0 Å². The highest BCUT2D eigenvalue weighted by Gasteiger charge is 2.55.